The maximum absolute atomic E-state index is 11.3. The van der Waals surface area contributed by atoms with E-state index in [-0.39, 0.29) is 10.1 Å². The van der Waals surface area contributed by atoms with Crippen molar-refractivity contribution < 1.29 is 14.3 Å². The molecule has 1 aromatic heterocycles. The lowest BCUT2D eigenvalue weighted by Gasteiger charge is -2.02. The van der Waals surface area contributed by atoms with Gasteiger partial charge >= 0.3 is 5.97 Å². The van der Waals surface area contributed by atoms with E-state index >= 15 is 0 Å². The van der Waals surface area contributed by atoms with E-state index in [1.165, 1.54) is 6.08 Å². The molecule has 0 aliphatic carbocycles. The lowest BCUT2D eigenvalue weighted by Crippen LogP contribution is -1.97. The maximum Gasteiger partial charge on any atom is 0.342 e. The van der Waals surface area contributed by atoms with E-state index in [9.17, 15) is 9.90 Å². The average molecular weight is 345 g/mol. The highest BCUT2D eigenvalue weighted by molar-refractivity contribution is 8.03. The van der Waals surface area contributed by atoms with Crippen molar-refractivity contribution >= 4 is 47.0 Å². The van der Waals surface area contributed by atoms with E-state index < -0.39 is 5.97 Å². The van der Waals surface area contributed by atoms with Crippen LogP contribution in [0, 0.1) is 0 Å². The number of halogens is 2. The number of aromatic nitrogens is 2. The number of aryl methyl sites for hydroxylation is 1. The van der Waals surface area contributed by atoms with Crippen molar-refractivity contribution in [1.82, 2.24) is 10.2 Å². The number of nitrogens with zero attached hydrogens (tertiary/aromatic N) is 2. The first-order valence-corrected chi connectivity index (χ1v) is 7.47. The molecule has 2 aromatic rings. The van der Waals surface area contributed by atoms with Gasteiger partial charge in [0.05, 0.1) is 0 Å². The first-order chi connectivity index (χ1) is 9.99. The van der Waals surface area contributed by atoms with Crippen molar-refractivity contribution in [1.29, 1.82) is 0 Å². The summed E-state index contributed by atoms with van der Waals surface area (Å²) in [4.78, 5) is 11.3. The van der Waals surface area contributed by atoms with Gasteiger partial charge in [0.25, 0.3) is 5.22 Å². The van der Waals surface area contributed by atoms with Crippen LogP contribution in [0.25, 0.3) is 6.08 Å². The first kappa shape index (κ1) is 15.9. The van der Waals surface area contributed by atoms with Crippen LogP contribution >= 0.6 is 35.0 Å². The molecule has 0 aliphatic rings. The van der Waals surface area contributed by atoms with Gasteiger partial charge in [-0.2, -0.15) is 0 Å². The van der Waals surface area contributed by atoms with E-state index in [1.807, 2.05) is 6.92 Å². The van der Waals surface area contributed by atoms with Gasteiger partial charge in [0.15, 0.2) is 0 Å². The van der Waals surface area contributed by atoms with Gasteiger partial charge in [-0.05, 0) is 35.5 Å². The molecule has 0 fully saturated rings. The minimum Gasteiger partial charge on any atom is -0.477 e. The quantitative estimate of drug-likeness (QED) is 0.648. The predicted molar refractivity (Wildman–Crippen MR) is 81.6 cm³/mol. The molecule has 0 aliphatic heterocycles. The van der Waals surface area contributed by atoms with Crippen molar-refractivity contribution in [2.75, 3.05) is 0 Å². The lowest BCUT2D eigenvalue weighted by atomic mass is 10.2. The maximum atomic E-state index is 11.3. The third kappa shape index (κ3) is 4.23. The molecule has 0 atom stereocenters. The number of carboxylic acid groups (broad SMARTS) is 1. The number of rotatable bonds is 5. The third-order valence-corrected chi connectivity index (χ3v) is 3.82. The molecular formula is C13H10Cl2N2O3S. The second kappa shape index (κ2) is 6.98. The predicted octanol–water partition coefficient (Wildman–Crippen LogP) is 4.16. The number of benzene rings is 1. The summed E-state index contributed by atoms with van der Waals surface area (Å²) >= 11 is 12.7. The summed E-state index contributed by atoms with van der Waals surface area (Å²) in [5.41, 5.74) is 0.543. The normalized spacial score (nSPS) is 11.7. The summed E-state index contributed by atoms with van der Waals surface area (Å²) in [5.74, 6) is -0.658. The summed E-state index contributed by atoms with van der Waals surface area (Å²) in [7, 11) is 0. The molecule has 1 N–H and O–H groups in total. The molecule has 0 amide bonds. The Kier molecular flexibility index (Phi) is 5.27. The van der Waals surface area contributed by atoms with Gasteiger partial charge in [-0.1, -0.05) is 36.2 Å². The van der Waals surface area contributed by atoms with Gasteiger partial charge in [-0.3, -0.25) is 0 Å². The van der Waals surface area contributed by atoms with Crippen molar-refractivity contribution in [3.63, 3.8) is 0 Å². The molecule has 8 heteroatoms. The Hall–Kier alpha value is -1.50. The van der Waals surface area contributed by atoms with Gasteiger partial charge in [0, 0.05) is 16.5 Å². The molecule has 0 unspecified atom stereocenters. The molecule has 1 aromatic carbocycles. The molecule has 0 radical (unpaired) electrons. The average Bonchev–Trinajstić information content (AvgIpc) is 2.88. The Morgan fingerprint density at radius 3 is 2.76 bits per heavy atom. The van der Waals surface area contributed by atoms with Gasteiger partial charge < -0.3 is 9.52 Å². The third-order valence-electron chi connectivity index (χ3n) is 2.41. The molecule has 0 saturated carbocycles. The van der Waals surface area contributed by atoms with Crippen LogP contribution in [0.3, 0.4) is 0 Å². The van der Waals surface area contributed by atoms with Gasteiger partial charge in [0.1, 0.15) is 4.91 Å². The molecule has 0 saturated heterocycles. The molecule has 0 bridgehead atoms. The smallest absolute Gasteiger partial charge is 0.342 e. The SMILES string of the molecule is CCc1nnc(S/C(=C\c2ccc(Cl)cc2Cl)C(=O)O)o1. The minimum atomic E-state index is -1.11. The van der Waals surface area contributed by atoms with Crippen molar-refractivity contribution in [3.05, 3.63) is 44.6 Å². The number of aliphatic carboxylic acids is 1. The fourth-order valence-corrected chi connectivity index (χ4v) is 2.55. The summed E-state index contributed by atoms with van der Waals surface area (Å²) in [5, 5.41) is 17.8. The van der Waals surface area contributed by atoms with E-state index in [1.54, 1.807) is 18.2 Å². The van der Waals surface area contributed by atoms with Gasteiger partial charge in [-0.25, -0.2) is 4.79 Å². The Morgan fingerprint density at radius 2 is 2.19 bits per heavy atom. The van der Waals surface area contributed by atoms with E-state index in [0.717, 1.165) is 11.8 Å². The Bertz CT molecular complexity index is 700. The van der Waals surface area contributed by atoms with Crippen LogP contribution in [0.1, 0.15) is 18.4 Å². The van der Waals surface area contributed by atoms with Crippen LogP contribution in [-0.4, -0.2) is 21.3 Å². The monoisotopic (exact) mass is 344 g/mol. The zero-order valence-corrected chi connectivity index (χ0v) is 13.2. The van der Waals surface area contributed by atoms with Crippen LogP contribution in [-0.2, 0) is 11.2 Å². The Morgan fingerprint density at radius 1 is 1.43 bits per heavy atom. The lowest BCUT2D eigenvalue weighted by molar-refractivity contribution is -0.131. The van der Waals surface area contributed by atoms with Gasteiger partial charge in [0.2, 0.25) is 5.89 Å². The molecular weight excluding hydrogens is 335 g/mol. The van der Waals surface area contributed by atoms with Crippen molar-refractivity contribution in [2.45, 2.75) is 18.6 Å². The molecule has 110 valence electrons. The highest BCUT2D eigenvalue weighted by Crippen LogP contribution is 2.30. The first-order valence-electron chi connectivity index (χ1n) is 5.90. The second-order valence-electron chi connectivity index (χ2n) is 3.90. The Labute approximate surface area is 135 Å². The topological polar surface area (TPSA) is 76.2 Å². The summed E-state index contributed by atoms with van der Waals surface area (Å²) in [6.07, 6.45) is 2.02. The van der Waals surface area contributed by atoms with Crippen molar-refractivity contribution in [3.8, 4) is 0 Å². The van der Waals surface area contributed by atoms with Crippen LogP contribution < -0.4 is 0 Å². The van der Waals surface area contributed by atoms with Crippen LogP contribution in [0.2, 0.25) is 10.0 Å². The summed E-state index contributed by atoms with van der Waals surface area (Å²) in [6.45, 7) is 1.86. The largest absolute Gasteiger partial charge is 0.477 e. The zero-order chi connectivity index (χ0) is 15.4. The van der Waals surface area contributed by atoms with E-state index in [2.05, 4.69) is 10.2 Å². The number of carboxylic acids is 1. The van der Waals surface area contributed by atoms with Crippen molar-refractivity contribution in [2.24, 2.45) is 0 Å². The van der Waals surface area contributed by atoms with Crippen LogP contribution in [0.4, 0.5) is 0 Å². The molecule has 0 spiro atoms. The molecule has 21 heavy (non-hydrogen) atoms. The van der Waals surface area contributed by atoms with Crippen LogP contribution in [0.5, 0.6) is 0 Å². The number of carbonyl (C=O) groups is 1. The fourth-order valence-electron chi connectivity index (χ4n) is 1.41. The second-order valence-corrected chi connectivity index (χ2v) is 5.73. The number of thioether (sulfide) groups is 1. The molecule has 1 heterocycles. The number of hydrogen-bond donors (Lipinski definition) is 1. The van der Waals surface area contributed by atoms with E-state index in [0.29, 0.717) is 27.9 Å². The molecule has 5 nitrogen and oxygen atoms in total. The highest BCUT2D eigenvalue weighted by atomic mass is 35.5. The van der Waals surface area contributed by atoms with E-state index in [4.69, 9.17) is 27.6 Å². The number of hydrogen-bond acceptors (Lipinski definition) is 5. The highest BCUT2D eigenvalue weighted by Gasteiger charge is 2.15. The molecule has 2 rings (SSSR count). The van der Waals surface area contributed by atoms with Crippen LogP contribution in [0.15, 0.2) is 32.7 Å². The standard InChI is InChI=1S/C13H10Cl2N2O3S/c1-2-11-16-17-13(20-11)21-10(12(18)19)5-7-3-4-8(14)6-9(7)15/h3-6H,2H2,1H3,(H,18,19)/b10-5-. The minimum absolute atomic E-state index is 0.0190. The summed E-state index contributed by atoms with van der Waals surface area (Å²) < 4.78 is 5.28. The Balaban J connectivity index is 2.29. The zero-order valence-electron chi connectivity index (χ0n) is 10.8. The fraction of sp³-hybridized carbons (Fsp3) is 0.154. The van der Waals surface area contributed by atoms with Gasteiger partial charge in [-0.15, -0.1) is 10.2 Å². The summed E-state index contributed by atoms with van der Waals surface area (Å²) in [6, 6.07) is 4.81.